The van der Waals surface area contributed by atoms with Gasteiger partial charge in [-0.2, -0.15) is 13.2 Å². The molecule has 0 aromatic heterocycles. The van der Waals surface area contributed by atoms with Crippen molar-refractivity contribution in [2.45, 2.75) is 26.9 Å². The van der Waals surface area contributed by atoms with E-state index in [-0.39, 0.29) is 5.56 Å². The van der Waals surface area contributed by atoms with Crippen molar-refractivity contribution >= 4 is 10.8 Å². The van der Waals surface area contributed by atoms with Gasteiger partial charge >= 0.3 is 6.18 Å². The number of hydrogen-bond donors (Lipinski definition) is 0. The van der Waals surface area contributed by atoms with E-state index in [1.54, 1.807) is 12.1 Å². The van der Waals surface area contributed by atoms with Gasteiger partial charge < -0.3 is 0 Å². The van der Waals surface area contributed by atoms with Gasteiger partial charge in [0.05, 0.1) is 5.56 Å². The van der Waals surface area contributed by atoms with Crippen molar-refractivity contribution in [3.05, 3.63) is 192 Å². The lowest BCUT2D eigenvalue weighted by atomic mass is 9.78. The van der Waals surface area contributed by atoms with E-state index in [9.17, 15) is 13.2 Å². The fraction of sp³-hybridized carbons (Fsp3) is 0.0800. The first-order valence-corrected chi connectivity index (χ1v) is 17.8. The second kappa shape index (κ2) is 13.7. The molecule has 0 aliphatic carbocycles. The normalized spacial score (nSPS) is 11.6. The maximum atomic E-state index is 13.8. The van der Waals surface area contributed by atoms with Crippen molar-refractivity contribution in [3.8, 4) is 66.8 Å². The highest BCUT2D eigenvalue weighted by atomic mass is 19.4. The second-order valence-corrected chi connectivity index (χ2v) is 13.8. The number of aryl methyl sites for hydroxylation is 3. The standard InChI is InChI=1S/C50H37F3/c1-32-18-20-41(30-34(32)3)35-22-26-39(27-23-35)46-43-16-10-11-17-44(43)47(49(38-14-8-5-9-15-38)48(46)37-12-6-4-7-13-37)40-28-24-36(25-29-40)42-21-19-33(2)45(31-42)50(51,52)53/h4-31H,1-3H3. The Bertz CT molecular complexity index is 2580. The molecule has 0 saturated heterocycles. The molecule has 8 rings (SSSR count). The van der Waals surface area contributed by atoms with Gasteiger partial charge in [-0.05, 0) is 121 Å². The smallest absolute Gasteiger partial charge is 0.166 e. The van der Waals surface area contributed by atoms with Crippen LogP contribution in [0.5, 0.6) is 0 Å². The zero-order valence-electron chi connectivity index (χ0n) is 29.8. The average Bonchev–Trinajstić information content (AvgIpc) is 3.18. The molecule has 0 saturated carbocycles. The zero-order valence-corrected chi connectivity index (χ0v) is 29.8. The Morgan fingerprint density at radius 1 is 0.302 bits per heavy atom. The summed E-state index contributed by atoms with van der Waals surface area (Å²) < 4.78 is 41.5. The van der Waals surface area contributed by atoms with Crippen LogP contribution in [0.25, 0.3) is 77.5 Å². The van der Waals surface area contributed by atoms with E-state index >= 15 is 0 Å². The van der Waals surface area contributed by atoms with Crippen LogP contribution in [0.15, 0.2) is 170 Å². The molecule has 0 unspecified atom stereocenters. The van der Waals surface area contributed by atoms with Crippen LogP contribution in [-0.4, -0.2) is 0 Å². The molecule has 0 radical (unpaired) electrons. The minimum absolute atomic E-state index is 0.213. The first-order chi connectivity index (χ1) is 25.7. The Balaban J connectivity index is 1.39. The van der Waals surface area contributed by atoms with Gasteiger partial charge in [0.2, 0.25) is 0 Å². The molecule has 0 amide bonds. The Morgan fingerprint density at radius 3 is 1.09 bits per heavy atom. The molecular weight excluding hydrogens is 658 g/mol. The molecule has 0 heterocycles. The van der Waals surface area contributed by atoms with Crippen molar-refractivity contribution in [1.82, 2.24) is 0 Å². The first-order valence-electron chi connectivity index (χ1n) is 17.8. The van der Waals surface area contributed by atoms with Gasteiger partial charge in [-0.15, -0.1) is 0 Å². The molecule has 8 aromatic carbocycles. The fourth-order valence-electron chi connectivity index (χ4n) is 7.51. The summed E-state index contributed by atoms with van der Waals surface area (Å²) in [6, 6.07) is 57.6. The molecule has 0 aliphatic heterocycles. The third-order valence-electron chi connectivity index (χ3n) is 10.4. The highest BCUT2D eigenvalue weighted by molar-refractivity contribution is 6.18. The van der Waals surface area contributed by atoms with Gasteiger partial charge in [0.1, 0.15) is 0 Å². The minimum Gasteiger partial charge on any atom is -0.166 e. The molecule has 0 bridgehead atoms. The van der Waals surface area contributed by atoms with E-state index in [4.69, 9.17) is 0 Å². The number of benzene rings is 8. The number of rotatable bonds is 6. The largest absolute Gasteiger partial charge is 0.416 e. The summed E-state index contributed by atoms with van der Waals surface area (Å²) in [5, 5.41) is 2.22. The quantitative estimate of drug-likeness (QED) is 0.163. The molecule has 0 aliphatic rings. The maximum Gasteiger partial charge on any atom is 0.416 e. The van der Waals surface area contributed by atoms with E-state index < -0.39 is 11.7 Å². The lowest BCUT2D eigenvalue weighted by Gasteiger charge is -2.24. The lowest BCUT2D eigenvalue weighted by molar-refractivity contribution is -0.138. The number of alkyl halides is 3. The van der Waals surface area contributed by atoms with Crippen LogP contribution in [0.1, 0.15) is 22.3 Å². The lowest BCUT2D eigenvalue weighted by Crippen LogP contribution is -2.07. The summed E-state index contributed by atoms with van der Waals surface area (Å²) in [7, 11) is 0. The number of hydrogen-bond acceptors (Lipinski definition) is 0. The predicted octanol–water partition coefficient (Wildman–Crippen LogP) is 14.8. The Kier molecular flexibility index (Phi) is 8.80. The molecule has 258 valence electrons. The maximum absolute atomic E-state index is 13.8. The molecule has 0 fully saturated rings. The van der Waals surface area contributed by atoms with E-state index in [1.165, 1.54) is 35.2 Å². The molecule has 0 nitrogen and oxygen atoms in total. The van der Waals surface area contributed by atoms with Crippen molar-refractivity contribution in [3.63, 3.8) is 0 Å². The highest BCUT2D eigenvalue weighted by Crippen LogP contribution is 2.51. The number of fused-ring (bicyclic) bond motifs is 1. The van der Waals surface area contributed by atoms with Crippen LogP contribution in [0.2, 0.25) is 0 Å². The molecular formula is C50H37F3. The Hall–Kier alpha value is -6.19. The highest BCUT2D eigenvalue weighted by Gasteiger charge is 2.32. The third kappa shape index (κ3) is 6.44. The molecule has 3 heteroatoms. The van der Waals surface area contributed by atoms with Crippen molar-refractivity contribution in [2.24, 2.45) is 0 Å². The molecule has 0 N–H and O–H groups in total. The van der Waals surface area contributed by atoms with Crippen LogP contribution in [-0.2, 0) is 6.18 Å². The van der Waals surface area contributed by atoms with Crippen LogP contribution in [0, 0.1) is 20.8 Å². The van der Waals surface area contributed by atoms with Gasteiger partial charge in [-0.1, -0.05) is 164 Å². The van der Waals surface area contributed by atoms with Gasteiger partial charge in [-0.3, -0.25) is 0 Å². The Morgan fingerprint density at radius 2 is 0.660 bits per heavy atom. The summed E-state index contributed by atoms with van der Waals surface area (Å²) in [5.74, 6) is 0. The van der Waals surface area contributed by atoms with Crippen molar-refractivity contribution in [2.75, 3.05) is 0 Å². The van der Waals surface area contributed by atoms with Crippen LogP contribution >= 0.6 is 0 Å². The summed E-state index contributed by atoms with van der Waals surface area (Å²) in [6.07, 6.45) is -4.42. The van der Waals surface area contributed by atoms with Gasteiger partial charge in [-0.25, -0.2) is 0 Å². The fourth-order valence-corrected chi connectivity index (χ4v) is 7.51. The summed E-state index contributed by atoms with van der Waals surface area (Å²) in [5.41, 5.74) is 14.5. The predicted molar refractivity (Wildman–Crippen MR) is 216 cm³/mol. The van der Waals surface area contributed by atoms with E-state index in [0.717, 1.165) is 60.8 Å². The minimum atomic E-state index is -4.42. The Labute approximate surface area is 308 Å². The summed E-state index contributed by atoms with van der Waals surface area (Å²) >= 11 is 0. The van der Waals surface area contributed by atoms with Crippen LogP contribution in [0.3, 0.4) is 0 Å². The average molecular weight is 695 g/mol. The molecule has 8 aromatic rings. The summed E-state index contributed by atoms with van der Waals surface area (Å²) in [6.45, 7) is 5.79. The van der Waals surface area contributed by atoms with Crippen LogP contribution < -0.4 is 0 Å². The monoisotopic (exact) mass is 694 g/mol. The van der Waals surface area contributed by atoms with E-state index in [0.29, 0.717) is 5.56 Å². The van der Waals surface area contributed by atoms with Crippen molar-refractivity contribution in [1.29, 1.82) is 0 Å². The van der Waals surface area contributed by atoms with Gasteiger partial charge in [0.25, 0.3) is 0 Å². The molecule has 0 atom stereocenters. The van der Waals surface area contributed by atoms with Crippen molar-refractivity contribution < 1.29 is 13.2 Å². The second-order valence-electron chi connectivity index (χ2n) is 13.8. The molecule has 53 heavy (non-hydrogen) atoms. The van der Waals surface area contributed by atoms with Gasteiger partial charge in [0.15, 0.2) is 0 Å². The molecule has 0 spiro atoms. The summed E-state index contributed by atoms with van der Waals surface area (Å²) in [4.78, 5) is 0. The SMILES string of the molecule is Cc1ccc(-c2ccc(-c3c(-c4ccccc4)c(-c4ccccc4)c(-c4ccc(-c5ccc(C)c(C(F)(F)F)c5)cc4)c4ccccc34)cc2)cc1C. The first kappa shape index (κ1) is 33.9. The van der Waals surface area contributed by atoms with Gasteiger partial charge in [0, 0.05) is 0 Å². The topological polar surface area (TPSA) is 0 Å². The third-order valence-corrected chi connectivity index (χ3v) is 10.4. The zero-order chi connectivity index (χ0) is 36.7. The van der Waals surface area contributed by atoms with E-state index in [2.05, 4.69) is 129 Å². The van der Waals surface area contributed by atoms with Crippen LogP contribution in [0.4, 0.5) is 13.2 Å². The number of halogens is 3. The van der Waals surface area contributed by atoms with E-state index in [1.807, 2.05) is 36.4 Å².